The van der Waals surface area contributed by atoms with E-state index in [0.717, 1.165) is 37.6 Å². The first-order chi connectivity index (χ1) is 11.2. The summed E-state index contributed by atoms with van der Waals surface area (Å²) in [4.78, 5) is 6.86. The van der Waals surface area contributed by atoms with Crippen LogP contribution in [0.3, 0.4) is 0 Å². The van der Waals surface area contributed by atoms with Crippen LogP contribution in [0.1, 0.15) is 36.2 Å². The van der Waals surface area contributed by atoms with Crippen LogP contribution in [0.15, 0.2) is 28.8 Å². The van der Waals surface area contributed by atoms with Crippen LogP contribution in [0.5, 0.6) is 5.75 Å². The van der Waals surface area contributed by atoms with Crippen LogP contribution in [-0.4, -0.2) is 48.8 Å². The second-order valence-electron chi connectivity index (χ2n) is 6.13. The highest BCUT2D eigenvalue weighted by Gasteiger charge is 2.25. The number of nitrogens with one attached hydrogen (secondary N) is 1. The summed E-state index contributed by atoms with van der Waals surface area (Å²) in [5.74, 6) is 2.62. The van der Waals surface area contributed by atoms with E-state index in [1.807, 2.05) is 12.1 Å². The van der Waals surface area contributed by atoms with Crippen LogP contribution in [-0.2, 0) is 6.42 Å². The Bertz CT molecular complexity index is 643. The van der Waals surface area contributed by atoms with Crippen molar-refractivity contribution < 1.29 is 9.26 Å². The number of aromatic nitrogens is 2. The summed E-state index contributed by atoms with van der Waals surface area (Å²) in [5, 5.41) is 7.55. The Morgan fingerprint density at radius 3 is 3.13 bits per heavy atom. The number of hydrogen-bond donors (Lipinski definition) is 1. The number of piperazine rings is 1. The topological polar surface area (TPSA) is 63.4 Å². The van der Waals surface area contributed by atoms with Crippen molar-refractivity contribution in [3.63, 3.8) is 0 Å². The van der Waals surface area contributed by atoms with Gasteiger partial charge in [-0.05, 0) is 30.7 Å². The van der Waals surface area contributed by atoms with Gasteiger partial charge >= 0.3 is 0 Å². The number of nitrogens with zero attached hydrogens (tertiary/aromatic N) is 3. The molecule has 0 radical (unpaired) electrons. The molecule has 3 rings (SSSR count). The highest BCUT2D eigenvalue weighted by atomic mass is 16.5. The number of ether oxygens (including phenoxy) is 1. The zero-order valence-corrected chi connectivity index (χ0v) is 14.0. The fourth-order valence-corrected chi connectivity index (χ4v) is 2.91. The molecule has 0 saturated carbocycles. The molecule has 124 valence electrons. The van der Waals surface area contributed by atoms with E-state index in [1.165, 1.54) is 5.56 Å². The van der Waals surface area contributed by atoms with Crippen LogP contribution >= 0.6 is 0 Å². The molecule has 2 atom stereocenters. The molecule has 0 bridgehead atoms. The lowest BCUT2D eigenvalue weighted by Crippen LogP contribution is -2.44. The molecule has 6 heteroatoms. The average molecular weight is 316 g/mol. The van der Waals surface area contributed by atoms with Gasteiger partial charge in [0, 0.05) is 26.1 Å². The minimum atomic E-state index is 0.188. The van der Waals surface area contributed by atoms with E-state index in [4.69, 9.17) is 9.26 Å². The van der Waals surface area contributed by atoms with Crippen molar-refractivity contribution in [2.24, 2.45) is 0 Å². The molecular formula is C17H24N4O2. The molecule has 1 aliphatic heterocycles. The number of hydrogen-bond acceptors (Lipinski definition) is 6. The van der Waals surface area contributed by atoms with Crippen molar-refractivity contribution in [1.82, 2.24) is 20.4 Å². The summed E-state index contributed by atoms with van der Waals surface area (Å²) in [7, 11) is 3.78. The van der Waals surface area contributed by atoms with Crippen LogP contribution in [0.2, 0.25) is 0 Å². The lowest BCUT2D eigenvalue weighted by molar-refractivity contribution is 0.190. The highest BCUT2D eigenvalue weighted by Crippen LogP contribution is 2.24. The molecule has 2 unspecified atom stereocenters. The summed E-state index contributed by atoms with van der Waals surface area (Å²) in [6.45, 7) is 5.02. The number of likely N-dealkylation sites (N-methyl/N-ethyl adjacent to an activating group) is 1. The molecular weight excluding hydrogens is 292 g/mol. The molecule has 1 aromatic carbocycles. The summed E-state index contributed by atoms with van der Waals surface area (Å²) in [5.41, 5.74) is 1.21. The van der Waals surface area contributed by atoms with Crippen LogP contribution in [0.4, 0.5) is 0 Å². The fourth-order valence-electron chi connectivity index (χ4n) is 2.91. The first-order valence-corrected chi connectivity index (χ1v) is 8.04. The van der Waals surface area contributed by atoms with Crippen molar-refractivity contribution >= 4 is 0 Å². The predicted molar refractivity (Wildman–Crippen MR) is 87.7 cm³/mol. The summed E-state index contributed by atoms with van der Waals surface area (Å²) >= 11 is 0. The molecule has 0 aliphatic carbocycles. The maximum absolute atomic E-state index is 5.47. The third kappa shape index (κ3) is 3.71. The quantitative estimate of drug-likeness (QED) is 0.910. The third-order valence-electron chi connectivity index (χ3n) is 4.44. The van der Waals surface area contributed by atoms with Crippen molar-refractivity contribution in [3.8, 4) is 5.75 Å². The second-order valence-corrected chi connectivity index (χ2v) is 6.13. The van der Waals surface area contributed by atoms with Gasteiger partial charge in [-0.1, -0.05) is 24.2 Å². The van der Waals surface area contributed by atoms with Crippen molar-refractivity contribution in [2.45, 2.75) is 25.3 Å². The van der Waals surface area contributed by atoms with Gasteiger partial charge in [-0.3, -0.25) is 4.90 Å². The van der Waals surface area contributed by atoms with Gasteiger partial charge in [0.25, 0.3) is 0 Å². The summed E-state index contributed by atoms with van der Waals surface area (Å²) < 4.78 is 10.8. The third-order valence-corrected chi connectivity index (χ3v) is 4.44. The smallest absolute Gasteiger partial charge is 0.227 e. The Labute approximate surface area is 136 Å². The molecule has 1 saturated heterocycles. The van der Waals surface area contributed by atoms with E-state index in [1.54, 1.807) is 7.11 Å². The maximum atomic E-state index is 5.47. The Balaban J connectivity index is 1.68. The summed E-state index contributed by atoms with van der Waals surface area (Å²) in [6, 6.07) is 8.30. The molecule has 6 nitrogen and oxygen atoms in total. The Morgan fingerprint density at radius 2 is 2.35 bits per heavy atom. The number of rotatable bonds is 5. The number of methoxy groups -OCH3 is 1. The van der Waals surface area contributed by atoms with E-state index in [2.05, 4.69) is 46.5 Å². The lowest BCUT2D eigenvalue weighted by Gasteiger charge is -2.30. The predicted octanol–water partition coefficient (Wildman–Crippen LogP) is 2.00. The Morgan fingerprint density at radius 1 is 1.48 bits per heavy atom. The molecule has 0 spiro atoms. The van der Waals surface area contributed by atoms with E-state index in [9.17, 15) is 0 Å². The second kappa shape index (κ2) is 7.10. The number of benzene rings is 1. The van der Waals surface area contributed by atoms with Crippen molar-refractivity contribution in [1.29, 1.82) is 0 Å². The van der Waals surface area contributed by atoms with Crippen LogP contribution < -0.4 is 10.1 Å². The van der Waals surface area contributed by atoms with Crippen molar-refractivity contribution in [2.75, 3.05) is 33.8 Å². The van der Waals surface area contributed by atoms with E-state index in [0.29, 0.717) is 11.8 Å². The van der Waals surface area contributed by atoms with E-state index in [-0.39, 0.29) is 6.04 Å². The van der Waals surface area contributed by atoms with E-state index >= 15 is 0 Å². The molecule has 1 aromatic heterocycles. The Kier molecular flexibility index (Phi) is 4.93. The zero-order chi connectivity index (χ0) is 16.2. The first-order valence-electron chi connectivity index (χ1n) is 8.04. The molecule has 23 heavy (non-hydrogen) atoms. The first kappa shape index (κ1) is 16.0. The van der Waals surface area contributed by atoms with Gasteiger partial charge in [-0.25, -0.2) is 0 Å². The SMILES string of the molecule is COc1cccc(C(C)Cc2nc(C3CNCCN3C)no2)c1. The van der Waals surface area contributed by atoms with Gasteiger partial charge < -0.3 is 14.6 Å². The average Bonchev–Trinajstić information content (AvgIpc) is 3.03. The molecule has 2 heterocycles. The molecule has 0 amide bonds. The lowest BCUT2D eigenvalue weighted by atomic mass is 9.97. The van der Waals surface area contributed by atoms with Gasteiger partial charge in [0.15, 0.2) is 5.82 Å². The highest BCUT2D eigenvalue weighted by molar-refractivity contribution is 5.30. The van der Waals surface area contributed by atoms with Gasteiger partial charge in [0.1, 0.15) is 5.75 Å². The molecule has 1 aliphatic rings. The standard InChI is InChI=1S/C17H24N4O2/c1-12(13-5-4-6-14(10-13)22-3)9-16-19-17(20-23-16)15-11-18-7-8-21(15)2/h4-6,10,12,15,18H,7-9,11H2,1-3H3. The van der Waals surface area contributed by atoms with Crippen LogP contribution in [0, 0.1) is 0 Å². The summed E-state index contributed by atoms with van der Waals surface area (Å²) in [6.07, 6.45) is 0.726. The van der Waals surface area contributed by atoms with Crippen LogP contribution in [0.25, 0.3) is 0 Å². The molecule has 1 N–H and O–H groups in total. The fraction of sp³-hybridized carbons (Fsp3) is 0.529. The largest absolute Gasteiger partial charge is 0.497 e. The monoisotopic (exact) mass is 316 g/mol. The van der Waals surface area contributed by atoms with Crippen molar-refractivity contribution in [3.05, 3.63) is 41.5 Å². The van der Waals surface area contributed by atoms with Gasteiger partial charge in [0.2, 0.25) is 5.89 Å². The minimum absolute atomic E-state index is 0.188. The Hall–Kier alpha value is -1.92. The van der Waals surface area contributed by atoms with E-state index < -0.39 is 0 Å². The normalized spacial score (nSPS) is 20.4. The minimum Gasteiger partial charge on any atom is -0.497 e. The van der Waals surface area contributed by atoms with Gasteiger partial charge in [-0.15, -0.1) is 0 Å². The maximum Gasteiger partial charge on any atom is 0.227 e. The molecule has 2 aromatic rings. The van der Waals surface area contributed by atoms with Gasteiger partial charge in [0.05, 0.1) is 13.2 Å². The molecule has 1 fully saturated rings. The van der Waals surface area contributed by atoms with Gasteiger partial charge in [-0.2, -0.15) is 4.98 Å². The zero-order valence-electron chi connectivity index (χ0n) is 14.0.